The quantitative estimate of drug-likeness (QED) is 0.552. The number of anilines is 1. The molecule has 7 nitrogen and oxygen atoms in total. The Kier molecular flexibility index (Phi) is 3.07. The summed E-state index contributed by atoms with van der Waals surface area (Å²) < 4.78 is 3.92. The maximum Gasteiger partial charge on any atom is 0.181 e. The van der Waals surface area contributed by atoms with E-state index < -0.39 is 0 Å². The normalized spacial score (nSPS) is 10.9. The van der Waals surface area contributed by atoms with Gasteiger partial charge in [0.05, 0.1) is 6.33 Å². The maximum absolute atomic E-state index is 4.25. The Balaban J connectivity index is 1.83. The molecule has 0 aliphatic heterocycles. The standard InChI is InChI=1S/C9H9N7S2/c1-10-8-5(15-16-18-8)2-17-9-6-7(12-3-11-6)13-4-14-9/h3-4,10H,2H2,1H3,(H,11,12,13,14). The van der Waals surface area contributed by atoms with E-state index in [1.807, 2.05) is 7.05 Å². The van der Waals surface area contributed by atoms with Crippen LogP contribution < -0.4 is 5.32 Å². The summed E-state index contributed by atoms with van der Waals surface area (Å²) in [5.74, 6) is 0.706. The minimum atomic E-state index is 0.678. The lowest BCUT2D eigenvalue weighted by Gasteiger charge is -2.01. The van der Waals surface area contributed by atoms with E-state index in [2.05, 4.69) is 34.8 Å². The number of hydrogen-bond donors (Lipinski definition) is 2. The summed E-state index contributed by atoms with van der Waals surface area (Å²) in [5, 5.41) is 9.01. The molecule has 3 aromatic rings. The number of hydrogen-bond acceptors (Lipinski definition) is 8. The molecule has 0 aromatic carbocycles. The summed E-state index contributed by atoms with van der Waals surface area (Å²) >= 11 is 2.94. The lowest BCUT2D eigenvalue weighted by molar-refractivity contribution is 1.06. The fourth-order valence-corrected chi connectivity index (χ4v) is 3.00. The minimum Gasteiger partial charge on any atom is -0.377 e. The van der Waals surface area contributed by atoms with E-state index in [0.29, 0.717) is 11.4 Å². The van der Waals surface area contributed by atoms with E-state index in [1.54, 1.807) is 18.1 Å². The fourth-order valence-electron chi connectivity index (χ4n) is 1.48. The van der Waals surface area contributed by atoms with Crippen molar-refractivity contribution < 1.29 is 0 Å². The first kappa shape index (κ1) is 11.4. The molecule has 3 heterocycles. The Bertz CT molecular complexity index is 662. The van der Waals surface area contributed by atoms with Gasteiger partial charge in [-0.2, -0.15) is 0 Å². The van der Waals surface area contributed by atoms with Crippen LogP contribution in [0.25, 0.3) is 11.2 Å². The van der Waals surface area contributed by atoms with Crippen LogP contribution >= 0.6 is 23.3 Å². The summed E-state index contributed by atoms with van der Waals surface area (Å²) in [4.78, 5) is 15.5. The fraction of sp³-hybridized carbons (Fsp3) is 0.222. The first-order chi connectivity index (χ1) is 8.88. The van der Waals surface area contributed by atoms with Crippen LogP contribution in [0.5, 0.6) is 0 Å². The predicted octanol–water partition coefficient (Wildman–Crippen LogP) is 1.54. The molecule has 0 saturated carbocycles. The number of fused-ring (bicyclic) bond motifs is 1. The van der Waals surface area contributed by atoms with E-state index >= 15 is 0 Å². The monoisotopic (exact) mass is 279 g/mol. The third-order valence-electron chi connectivity index (χ3n) is 2.32. The van der Waals surface area contributed by atoms with Crippen LogP contribution in [-0.2, 0) is 5.75 Å². The molecule has 2 N–H and O–H groups in total. The second-order valence-electron chi connectivity index (χ2n) is 3.37. The van der Waals surface area contributed by atoms with Gasteiger partial charge in [0.15, 0.2) is 5.65 Å². The van der Waals surface area contributed by atoms with Crippen LogP contribution in [0.15, 0.2) is 17.7 Å². The zero-order chi connectivity index (χ0) is 12.4. The highest BCUT2D eigenvalue weighted by Crippen LogP contribution is 2.28. The molecule has 9 heteroatoms. The van der Waals surface area contributed by atoms with Crippen molar-refractivity contribution in [2.24, 2.45) is 0 Å². The molecular weight excluding hydrogens is 270 g/mol. The zero-order valence-electron chi connectivity index (χ0n) is 9.41. The Hall–Kier alpha value is -1.74. The molecule has 0 spiro atoms. The van der Waals surface area contributed by atoms with Gasteiger partial charge in [-0.05, 0) is 0 Å². The summed E-state index contributed by atoms with van der Waals surface area (Å²) in [6, 6.07) is 0. The number of aromatic amines is 1. The summed E-state index contributed by atoms with van der Waals surface area (Å²) in [6.45, 7) is 0. The number of imidazole rings is 1. The van der Waals surface area contributed by atoms with E-state index in [0.717, 1.165) is 21.2 Å². The van der Waals surface area contributed by atoms with Gasteiger partial charge in [-0.1, -0.05) is 16.3 Å². The van der Waals surface area contributed by atoms with Gasteiger partial charge >= 0.3 is 0 Å². The number of nitrogens with one attached hydrogen (secondary N) is 2. The predicted molar refractivity (Wildman–Crippen MR) is 70.7 cm³/mol. The Morgan fingerprint density at radius 1 is 1.39 bits per heavy atom. The van der Waals surface area contributed by atoms with Gasteiger partial charge in [0.25, 0.3) is 0 Å². The Morgan fingerprint density at radius 2 is 2.33 bits per heavy atom. The molecule has 3 aromatic heterocycles. The van der Waals surface area contributed by atoms with Gasteiger partial charge < -0.3 is 10.3 Å². The van der Waals surface area contributed by atoms with Gasteiger partial charge in [0, 0.05) is 24.3 Å². The largest absolute Gasteiger partial charge is 0.377 e. The summed E-state index contributed by atoms with van der Waals surface area (Å²) in [6.07, 6.45) is 3.14. The van der Waals surface area contributed by atoms with Crippen LogP contribution in [-0.4, -0.2) is 36.6 Å². The molecule has 0 unspecified atom stereocenters. The molecule has 0 saturated heterocycles. The highest BCUT2D eigenvalue weighted by molar-refractivity contribution is 7.98. The lowest BCUT2D eigenvalue weighted by Crippen LogP contribution is -1.92. The highest BCUT2D eigenvalue weighted by atomic mass is 32.2. The van der Waals surface area contributed by atoms with Crippen LogP contribution in [0.3, 0.4) is 0 Å². The molecule has 0 aliphatic rings. The van der Waals surface area contributed by atoms with E-state index in [4.69, 9.17) is 0 Å². The van der Waals surface area contributed by atoms with Crippen LogP contribution in [0.1, 0.15) is 5.69 Å². The highest BCUT2D eigenvalue weighted by Gasteiger charge is 2.10. The lowest BCUT2D eigenvalue weighted by atomic mass is 10.5. The number of rotatable bonds is 4. The third kappa shape index (κ3) is 2.02. The number of H-pyrrole nitrogens is 1. The van der Waals surface area contributed by atoms with Crippen molar-refractivity contribution in [1.82, 2.24) is 29.5 Å². The van der Waals surface area contributed by atoms with Crippen molar-refractivity contribution in [2.45, 2.75) is 10.8 Å². The second kappa shape index (κ2) is 4.86. The molecule has 0 radical (unpaired) electrons. The SMILES string of the molecule is CNc1snnc1CSc1ncnc2nc[nH]c12. The minimum absolute atomic E-state index is 0.678. The van der Waals surface area contributed by atoms with Gasteiger partial charge in [-0.15, -0.1) is 5.10 Å². The van der Waals surface area contributed by atoms with Gasteiger partial charge in [-0.25, -0.2) is 15.0 Å². The van der Waals surface area contributed by atoms with Gasteiger partial charge in [0.1, 0.15) is 27.6 Å². The van der Waals surface area contributed by atoms with Crippen molar-refractivity contribution in [2.75, 3.05) is 12.4 Å². The second-order valence-corrected chi connectivity index (χ2v) is 5.09. The molecule has 0 atom stereocenters. The molecule has 0 amide bonds. The zero-order valence-corrected chi connectivity index (χ0v) is 11.0. The summed E-state index contributed by atoms with van der Waals surface area (Å²) in [7, 11) is 1.86. The Morgan fingerprint density at radius 3 is 3.22 bits per heavy atom. The van der Waals surface area contributed by atoms with Crippen molar-refractivity contribution >= 4 is 39.5 Å². The maximum atomic E-state index is 4.25. The first-order valence-corrected chi connectivity index (χ1v) is 6.90. The third-order valence-corrected chi connectivity index (χ3v) is 4.10. The van der Waals surface area contributed by atoms with E-state index in [1.165, 1.54) is 17.9 Å². The van der Waals surface area contributed by atoms with Crippen LogP contribution in [0, 0.1) is 0 Å². The molecule has 0 fully saturated rings. The molecule has 3 rings (SSSR count). The first-order valence-electron chi connectivity index (χ1n) is 5.14. The van der Waals surface area contributed by atoms with Crippen molar-refractivity contribution in [3.63, 3.8) is 0 Å². The molecule has 0 aliphatic carbocycles. The smallest absolute Gasteiger partial charge is 0.181 e. The average molecular weight is 279 g/mol. The summed E-state index contributed by atoms with van der Waals surface area (Å²) in [5.41, 5.74) is 2.47. The molecular formula is C9H9N7S2. The number of nitrogens with zero attached hydrogens (tertiary/aromatic N) is 5. The molecule has 92 valence electrons. The number of thioether (sulfide) groups is 1. The van der Waals surface area contributed by atoms with Gasteiger partial charge in [-0.3, -0.25) is 0 Å². The van der Waals surface area contributed by atoms with Crippen LogP contribution in [0.2, 0.25) is 0 Å². The van der Waals surface area contributed by atoms with E-state index in [9.17, 15) is 0 Å². The molecule has 18 heavy (non-hydrogen) atoms. The van der Waals surface area contributed by atoms with Crippen molar-refractivity contribution in [1.29, 1.82) is 0 Å². The molecule has 0 bridgehead atoms. The van der Waals surface area contributed by atoms with Crippen LogP contribution in [0.4, 0.5) is 5.00 Å². The van der Waals surface area contributed by atoms with Crippen molar-refractivity contribution in [3.05, 3.63) is 18.3 Å². The Labute approximate surface area is 111 Å². The average Bonchev–Trinajstić information content (AvgIpc) is 3.04. The topological polar surface area (TPSA) is 92.3 Å². The van der Waals surface area contributed by atoms with Crippen molar-refractivity contribution in [3.8, 4) is 0 Å². The number of aromatic nitrogens is 6. The van der Waals surface area contributed by atoms with E-state index in [-0.39, 0.29) is 0 Å². The van der Waals surface area contributed by atoms with Gasteiger partial charge in [0.2, 0.25) is 0 Å².